The minimum absolute atomic E-state index is 0.0572. The quantitative estimate of drug-likeness (QED) is 0.893. The number of carboxylic acid groups (broad SMARTS) is 1. The number of carboxylic acids is 1. The van der Waals surface area contributed by atoms with Crippen molar-refractivity contribution in [1.82, 2.24) is 4.98 Å². The number of halogens is 1. The lowest BCUT2D eigenvalue weighted by Gasteiger charge is -2.02. The van der Waals surface area contributed by atoms with E-state index in [-0.39, 0.29) is 11.5 Å². The van der Waals surface area contributed by atoms with Gasteiger partial charge in [0.25, 0.3) is 0 Å². The Hall–Kier alpha value is -1.95. The van der Waals surface area contributed by atoms with Crippen molar-refractivity contribution in [2.45, 2.75) is 13.5 Å². The molecule has 0 atom stereocenters. The van der Waals surface area contributed by atoms with Crippen molar-refractivity contribution in [3.63, 3.8) is 0 Å². The van der Waals surface area contributed by atoms with Crippen molar-refractivity contribution >= 4 is 22.4 Å². The first-order valence-corrected chi connectivity index (χ1v) is 6.07. The van der Waals surface area contributed by atoms with Gasteiger partial charge in [-0.1, -0.05) is 12.1 Å². The van der Waals surface area contributed by atoms with Gasteiger partial charge in [-0.2, -0.15) is 0 Å². The molecule has 0 bridgehead atoms. The molecule has 2 rings (SSSR count). The molecule has 1 aromatic carbocycles. The van der Waals surface area contributed by atoms with Gasteiger partial charge < -0.3 is 10.4 Å². The number of hydrogen-bond donors (Lipinski definition) is 2. The molecule has 0 fully saturated rings. The summed E-state index contributed by atoms with van der Waals surface area (Å²) in [6, 6.07) is 6.21. The summed E-state index contributed by atoms with van der Waals surface area (Å²) in [5.41, 5.74) is 0.835. The molecule has 0 spiro atoms. The van der Waals surface area contributed by atoms with Gasteiger partial charge in [0.15, 0.2) is 10.8 Å². The third-order valence-corrected chi connectivity index (χ3v) is 3.26. The third-order valence-electron chi connectivity index (χ3n) is 2.33. The van der Waals surface area contributed by atoms with Crippen LogP contribution in [0.3, 0.4) is 0 Å². The Morgan fingerprint density at radius 2 is 2.33 bits per heavy atom. The van der Waals surface area contributed by atoms with Crippen molar-refractivity contribution < 1.29 is 14.3 Å². The molecule has 4 nitrogen and oxygen atoms in total. The molecule has 94 valence electrons. The molecule has 0 aliphatic rings. The van der Waals surface area contributed by atoms with Gasteiger partial charge in [0, 0.05) is 11.4 Å². The predicted molar refractivity (Wildman–Crippen MR) is 67.5 cm³/mol. The molecule has 2 aromatic rings. The summed E-state index contributed by atoms with van der Waals surface area (Å²) in [6.45, 7) is 2.11. The summed E-state index contributed by atoms with van der Waals surface area (Å²) in [4.78, 5) is 15.4. The topological polar surface area (TPSA) is 62.2 Å². The maximum absolute atomic E-state index is 12.9. The van der Waals surface area contributed by atoms with E-state index in [1.807, 2.05) is 0 Å². The number of carbonyl (C=O) groups is 1. The number of anilines is 1. The van der Waals surface area contributed by atoms with Crippen LogP contribution in [0.2, 0.25) is 0 Å². The molecular formula is C12H11FN2O2S. The van der Waals surface area contributed by atoms with E-state index in [1.54, 1.807) is 19.1 Å². The largest absolute Gasteiger partial charge is 0.476 e. The normalized spacial score (nSPS) is 10.3. The minimum atomic E-state index is -1.04. The number of rotatable bonds is 4. The maximum atomic E-state index is 12.9. The SMILES string of the molecule is Cc1sc(NCc2cccc(F)c2)nc1C(=O)O. The van der Waals surface area contributed by atoms with Crippen molar-refractivity contribution in [3.05, 3.63) is 46.2 Å². The molecule has 2 N–H and O–H groups in total. The fraction of sp³-hybridized carbons (Fsp3) is 0.167. The van der Waals surface area contributed by atoms with Crippen LogP contribution in [0, 0.1) is 12.7 Å². The van der Waals surface area contributed by atoms with Gasteiger partial charge in [0.2, 0.25) is 0 Å². The van der Waals surface area contributed by atoms with Crippen LogP contribution in [0.4, 0.5) is 9.52 Å². The molecule has 0 radical (unpaired) electrons. The van der Waals surface area contributed by atoms with Gasteiger partial charge in [0.05, 0.1) is 0 Å². The summed E-state index contributed by atoms with van der Waals surface area (Å²) in [7, 11) is 0. The molecule has 6 heteroatoms. The summed E-state index contributed by atoms with van der Waals surface area (Å²) in [6.07, 6.45) is 0. The molecule has 1 heterocycles. The lowest BCUT2D eigenvalue weighted by Crippen LogP contribution is -2.01. The van der Waals surface area contributed by atoms with Crippen molar-refractivity contribution in [2.24, 2.45) is 0 Å². The van der Waals surface area contributed by atoms with E-state index >= 15 is 0 Å². The second-order valence-corrected chi connectivity index (χ2v) is 4.92. The monoisotopic (exact) mass is 266 g/mol. The van der Waals surface area contributed by atoms with Crippen LogP contribution in [-0.4, -0.2) is 16.1 Å². The molecule has 18 heavy (non-hydrogen) atoms. The minimum Gasteiger partial charge on any atom is -0.476 e. The van der Waals surface area contributed by atoms with Gasteiger partial charge in [0.1, 0.15) is 5.82 Å². The predicted octanol–water partition coefficient (Wildman–Crippen LogP) is 2.90. The summed E-state index contributed by atoms with van der Waals surface area (Å²) in [5.74, 6) is -1.33. The lowest BCUT2D eigenvalue weighted by molar-refractivity contribution is 0.0690. The van der Waals surface area contributed by atoms with E-state index in [1.165, 1.54) is 23.5 Å². The zero-order chi connectivity index (χ0) is 13.1. The van der Waals surface area contributed by atoms with E-state index < -0.39 is 5.97 Å². The van der Waals surface area contributed by atoms with Crippen LogP contribution in [0.5, 0.6) is 0 Å². The van der Waals surface area contributed by atoms with Gasteiger partial charge in [-0.25, -0.2) is 14.2 Å². The summed E-state index contributed by atoms with van der Waals surface area (Å²) >= 11 is 1.27. The Morgan fingerprint density at radius 3 is 2.94 bits per heavy atom. The second kappa shape index (κ2) is 5.14. The van der Waals surface area contributed by atoms with E-state index in [0.717, 1.165) is 5.56 Å². The average molecular weight is 266 g/mol. The van der Waals surface area contributed by atoms with Crippen LogP contribution >= 0.6 is 11.3 Å². The maximum Gasteiger partial charge on any atom is 0.355 e. The Labute approximate surface area is 107 Å². The second-order valence-electron chi connectivity index (χ2n) is 3.71. The summed E-state index contributed by atoms with van der Waals surface area (Å²) < 4.78 is 12.9. The molecule has 0 amide bonds. The highest BCUT2D eigenvalue weighted by Crippen LogP contribution is 2.22. The number of hydrogen-bond acceptors (Lipinski definition) is 4. The molecule has 0 unspecified atom stereocenters. The van der Waals surface area contributed by atoms with E-state index in [4.69, 9.17) is 5.11 Å². The molecule has 0 saturated heterocycles. The number of aryl methyl sites for hydroxylation is 1. The Kier molecular flexibility index (Phi) is 3.57. The number of aromatic nitrogens is 1. The van der Waals surface area contributed by atoms with Gasteiger partial charge in [-0.15, -0.1) is 11.3 Å². The van der Waals surface area contributed by atoms with Gasteiger partial charge in [-0.3, -0.25) is 0 Å². The number of benzene rings is 1. The average Bonchev–Trinajstić information content (AvgIpc) is 2.68. The smallest absolute Gasteiger partial charge is 0.355 e. The number of thiazole rings is 1. The lowest BCUT2D eigenvalue weighted by atomic mass is 10.2. The van der Waals surface area contributed by atoms with E-state index in [0.29, 0.717) is 16.6 Å². The Balaban J connectivity index is 2.06. The molecule has 0 aliphatic heterocycles. The van der Waals surface area contributed by atoms with Crippen molar-refractivity contribution in [3.8, 4) is 0 Å². The molecule has 0 aliphatic carbocycles. The Morgan fingerprint density at radius 1 is 1.56 bits per heavy atom. The first-order chi connectivity index (χ1) is 8.56. The molecule has 1 aromatic heterocycles. The van der Waals surface area contributed by atoms with Crippen LogP contribution in [-0.2, 0) is 6.54 Å². The van der Waals surface area contributed by atoms with Crippen molar-refractivity contribution in [2.75, 3.05) is 5.32 Å². The highest BCUT2D eigenvalue weighted by Gasteiger charge is 2.13. The summed E-state index contributed by atoms with van der Waals surface area (Å²) in [5, 5.41) is 12.4. The van der Waals surface area contributed by atoms with Crippen LogP contribution in [0.1, 0.15) is 20.9 Å². The third kappa shape index (κ3) is 2.84. The fourth-order valence-corrected chi connectivity index (χ4v) is 2.30. The zero-order valence-electron chi connectivity index (χ0n) is 9.61. The van der Waals surface area contributed by atoms with Crippen LogP contribution in [0.25, 0.3) is 0 Å². The first-order valence-electron chi connectivity index (χ1n) is 5.25. The van der Waals surface area contributed by atoms with Gasteiger partial charge in [-0.05, 0) is 24.6 Å². The fourth-order valence-electron chi connectivity index (χ4n) is 1.50. The molecule has 0 saturated carbocycles. The molecular weight excluding hydrogens is 255 g/mol. The van der Waals surface area contributed by atoms with Crippen LogP contribution < -0.4 is 5.32 Å². The van der Waals surface area contributed by atoms with Crippen molar-refractivity contribution in [1.29, 1.82) is 0 Å². The number of nitrogens with zero attached hydrogens (tertiary/aromatic N) is 1. The van der Waals surface area contributed by atoms with E-state index in [9.17, 15) is 9.18 Å². The number of aromatic carboxylic acids is 1. The Bertz CT molecular complexity index is 583. The number of nitrogens with one attached hydrogen (secondary N) is 1. The van der Waals surface area contributed by atoms with Crippen LogP contribution in [0.15, 0.2) is 24.3 Å². The first kappa shape index (κ1) is 12.5. The zero-order valence-corrected chi connectivity index (χ0v) is 10.4. The highest BCUT2D eigenvalue weighted by molar-refractivity contribution is 7.15. The van der Waals surface area contributed by atoms with Gasteiger partial charge >= 0.3 is 5.97 Å². The standard InChI is InChI=1S/C12H11FN2O2S/c1-7-10(11(16)17)15-12(18-7)14-6-8-3-2-4-9(13)5-8/h2-5H,6H2,1H3,(H,14,15)(H,16,17). The highest BCUT2D eigenvalue weighted by atomic mass is 32.1. The van der Waals surface area contributed by atoms with E-state index in [2.05, 4.69) is 10.3 Å².